The van der Waals surface area contributed by atoms with E-state index in [4.69, 9.17) is 9.57 Å². The first-order chi connectivity index (χ1) is 7.86. The molecule has 0 aromatic heterocycles. The number of aryl methyl sites for hydroxylation is 1. The van der Waals surface area contributed by atoms with Crippen LogP contribution in [0.15, 0.2) is 12.1 Å². The van der Waals surface area contributed by atoms with Crippen molar-refractivity contribution in [3.8, 4) is 5.75 Å². The predicted molar refractivity (Wildman–Crippen MR) is 63.5 cm³/mol. The fraction of sp³-hybridized carbons (Fsp3) is 0.538. The first-order valence-corrected chi connectivity index (χ1v) is 5.80. The Bertz CT molecular complexity index is 363. The van der Waals surface area contributed by atoms with E-state index in [9.17, 15) is 0 Å². The van der Waals surface area contributed by atoms with Crippen LogP contribution in [-0.2, 0) is 24.2 Å². The lowest BCUT2D eigenvalue weighted by Gasteiger charge is -2.21. The molecule has 0 saturated carbocycles. The Labute approximate surface area is 96.7 Å². The minimum atomic E-state index is 0.687. The molecule has 0 saturated heterocycles. The molecule has 2 rings (SSSR count). The number of methoxy groups -OCH3 is 1. The second-order valence-electron chi connectivity index (χ2n) is 4.13. The number of hydrogen-bond acceptors (Lipinski definition) is 3. The highest BCUT2D eigenvalue weighted by Gasteiger charge is 2.16. The summed E-state index contributed by atoms with van der Waals surface area (Å²) in [7, 11) is 3.38. The third-order valence-corrected chi connectivity index (χ3v) is 3.17. The Morgan fingerprint density at radius 3 is 2.75 bits per heavy atom. The molecule has 3 heteroatoms. The summed E-state index contributed by atoms with van der Waals surface area (Å²) < 4.78 is 5.55. The van der Waals surface area contributed by atoms with Gasteiger partial charge in [0.15, 0.2) is 0 Å². The van der Waals surface area contributed by atoms with Crippen molar-refractivity contribution in [1.82, 2.24) is 5.48 Å². The Hall–Kier alpha value is -1.06. The first-order valence-electron chi connectivity index (χ1n) is 5.80. The van der Waals surface area contributed by atoms with Gasteiger partial charge >= 0.3 is 0 Å². The molecule has 0 amide bonds. The molecule has 3 nitrogen and oxygen atoms in total. The smallest absolute Gasteiger partial charge is 0.126 e. The van der Waals surface area contributed by atoms with Crippen molar-refractivity contribution >= 4 is 0 Å². The maximum Gasteiger partial charge on any atom is 0.126 e. The standard InChI is InChI=1S/C13H19NO2/c1-15-13-11(9-14-16-2)8-7-10-5-3-4-6-12(10)13/h7-8,14H,3-6,9H2,1-2H3. The average Bonchev–Trinajstić information content (AvgIpc) is 2.35. The molecule has 0 unspecified atom stereocenters. The minimum Gasteiger partial charge on any atom is -0.496 e. The number of ether oxygens (including phenoxy) is 1. The highest BCUT2D eigenvalue weighted by Crippen LogP contribution is 2.32. The van der Waals surface area contributed by atoms with Gasteiger partial charge in [0.1, 0.15) is 5.75 Å². The summed E-state index contributed by atoms with van der Waals surface area (Å²) in [6.07, 6.45) is 4.89. The molecule has 0 aliphatic heterocycles. The summed E-state index contributed by atoms with van der Waals surface area (Å²) in [4.78, 5) is 4.88. The molecule has 0 fully saturated rings. The van der Waals surface area contributed by atoms with Crippen LogP contribution in [0.25, 0.3) is 0 Å². The van der Waals surface area contributed by atoms with Gasteiger partial charge in [-0.15, -0.1) is 0 Å². The topological polar surface area (TPSA) is 30.5 Å². The van der Waals surface area contributed by atoms with E-state index in [1.807, 2.05) is 0 Å². The Balaban J connectivity index is 2.31. The monoisotopic (exact) mass is 221 g/mol. The number of benzene rings is 1. The van der Waals surface area contributed by atoms with Crippen molar-refractivity contribution in [3.63, 3.8) is 0 Å². The fourth-order valence-corrected chi connectivity index (χ4v) is 2.39. The van der Waals surface area contributed by atoms with Gasteiger partial charge in [0, 0.05) is 12.1 Å². The lowest BCUT2D eigenvalue weighted by molar-refractivity contribution is 0.0861. The lowest BCUT2D eigenvalue weighted by atomic mass is 9.89. The number of hydroxylamine groups is 1. The molecule has 1 aromatic rings. The van der Waals surface area contributed by atoms with Crippen LogP contribution in [-0.4, -0.2) is 14.2 Å². The highest BCUT2D eigenvalue weighted by atomic mass is 16.6. The van der Waals surface area contributed by atoms with Crippen LogP contribution in [0.5, 0.6) is 5.75 Å². The summed E-state index contributed by atoms with van der Waals surface area (Å²) >= 11 is 0. The predicted octanol–water partition coefficient (Wildman–Crippen LogP) is 2.22. The van der Waals surface area contributed by atoms with E-state index in [1.54, 1.807) is 14.2 Å². The normalized spacial score (nSPS) is 14.6. The van der Waals surface area contributed by atoms with Gasteiger partial charge in [-0.25, -0.2) is 0 Å². The van der Waals surface area contributed by atoms with E-state index in [2.05, 4.69) is 17.6 Å². The van der Waals surface area contributed by atoms with Gasteiger partial charge in [0.25, 0.3) is 0 Å². The molecule has 0 heterocycles. The molecule has 0 atom stereocenters. The van der Waals surface area contributed by atoms with E-state index in [0.29, 0.717) is 6.54 Å². The zero-order valence-corrected chi connectivity index (χ0v) is 10.0. The first kappa shape index (κ1) is 11.4. The molecular weight excluding hydrogens is 202 g/mol. The van der Waals surface area contributed by atoms with Crippen molar-refractivity contribution < 1.29 is 9.57 Å². The molecule has 1 aromatic carbocycles. The molecular formula is C13H19NO2. The Morgan fingerprint density at radius 1 is 1.19 bits per heavy atom. The van der Waals surface area contributed by atoms with Gasteiger partial charge in [0.2, 0.25) is 0 Å². The second kappa shape index (κ2) is 5.32. The molecule has 0 radical (unpaired) electrons. The summed E-state index contributed by atoms with van der Waals surface area (Å²) in [5.74, 6) is 1.04. The summed E-state index contributed by atoms with van der Waals surface area (Å²) in [5, 5.41) is 0. The summed E-state index contributed by atoms with van der Waals surface area (Å²) in [6, 6.07) is 4.36. The third-order valence-electron chi connectivity index (χ3n) is 3.17. The van der Waals surface area contributed by atoms with Crippen molar-refractivity contribution in [1.29, 1.82) is 0 Å². The summed E-state index contributed by atoms with van der Waals surface area (Å²) in [5.41, 5.74) is 6.88. The SMILES string of the molecule is CONCc1ccc2c(c1OC)CCCC2. The van der Waals surface area contributed by atoms with Crippen LogP contribution in [0.1, 0.15) is 29.5 Å². The quantitative estimate of drug-likeness (QED) is 0.791. The van der Waals surface area contributed by atoms with E-state index in [0.717, 1.165) is 12.2 Å². The van der Waals surface area contributed by atoms with Gasteiger partial charge in [-0.05, 0) is 36.8 Å². The molecule has 1 N–H and O–H groups in total. The maximum absolute atomic E-state index is 5.55. The van der Waals surface area contributed by atoms with E-state index >= 15 is 0 Å². The van der Waals surface area contributed by atoms with Crippen molar-refractivity contribution in [3.05, 3.63) is 28.8 Å². The zero-order valence-electron chi connectivity index (χ0n) is 10.0. The number of nitrogens with one attached hydrogen (secondary N) is 1. The second-order valence-corrected chi connectivity index (χ2v) is 4.13. The van der Waals surface area contributed by atoms with Crippen molar-refractivity contribution in [2.75, 3.05) is 14.2 Å². The van der Waals surface area contributed by atoms with E-state index in [-0.39, 0.29) is 0 Å². The van der Waals surface area contributed by atoms with Gasteiger partial charge in [-0.2, -0.15) is 5.48 Å². The van der Waals surface area contributed by atoms with Crippen LogP contribution in [0.2, 0.25) is 0 Å². The molecule has 16 heavy (non-hydrogen) atoms. The van der Waals surface area contributed by atoms with E-state index < -0.39 is 0 Å². The summed E-state index contributed by atoms with van der Waals surface area (Å²) in [6.45, 7) is 0.687. The number of hydrogen-bond donors (Lipinski definition) is 1. The van der Waals surface area contributed by atoms with E-state index in [1.165, 1.54) is 36.0 Å². The highest BCUT2D eigenvalue weighted by molar-refractivity contribution is 5.47. The average molecular weight is 221 g/mol. The lowest BCUT2D eigenvalue weighted by Crippen LogP contribution is -2.14. The van der Waals surface area contributed by atoms with Gasteiger partial charge in [-0.1, -0.05) is 12.1 Å². The fourth-order valence-electron chi connectivity index (χ4n) is 2.39. The maximum atomic E-state index is 5.55. The Kier molecular flexibility index (Phi) is 3.80. The Morgan fingerprint density at radius 2 is 2.00 bits per heavy atom. The molecule has 88 valence electrons. The zero-order chi connectivity index (χ0) is 11.4. The largest absolute Gasteiger partial charge is 0.496 e. The minimum absolute atomic E-state index is 0.687. The van der Waals surface area contributed by atoms with Gasteiger partial charge in [-0.3, -0.25) is 0 Å². The number of fused-ring (bicyclic) bond motifs is 1. The molecule has 0 spiro atoms. The van der Waals surface area contributed by atoms with Crippen LogP contribution in [0.4, 0.5) is 0 Å². The number of rotatable bonds is 4. The van der Waals surface area contributed by atoms with Crippen LogP contribution < -0.4 is 10.2 Å². The molecule has 1 aliphatic carbocycles. The van der Waals surface area contributed by atoms with Crippen LogP contribution >= 0.6 is 0 Å². The van der Waals surface area contributed by atoms with Crippen LogP contribution in [0.3, 0.4) is 0 Å². The third kappa shape index (κ3) is 2.20. The molecule has 1 aliphatic rings. The van der Waals surface area contributed by atoms with Crippen LogP contribution in [0, 0.1) is 0 Å². The van der Waals surface area contributed by atoms with Crippen molar-refractivity contribution in [2.24, 2.45) is 0 Å². The van der Waals surface area contributed by atoms with Crippen molar-refractivity contribution in [2.45, 2.75) is 32.2 Å². The van der Waals surface area contributed by atoms with Gasteiger partial charge < -0.3 is 9.57 Å². The molecule has 0 bridgehead atoms. The van der Waals surface area contributed by atoms with Gasteiger partial charge in [0.05, 0.1) is 14.2 Å².